The summed E-state index contributed by atoms with van der Waals surface area (Å²) in [6.07, 6.45) is 1.33. The Morgan fingerprint density at radius 1 is 1.16 bits per heavy atom. The number of aryl methyl sites for hydroxylation is 1. The summed E-state index contributed by atoms with van der Waals surface area (Å²) in [5.41, 5.74) is 0.749. The number of benzene rings is 1. The fourth-order valence-electron chi connectivity index (χ4n) is 4.12. The van der Waals surface area contributed by atoms with Gasteiger partial charge in [-0.25, -0.2) is 14.8 Å². The van der Waals surface area contributed by atoms with Crippen LogP contribution in [0.1, 0.15) is 17.3 Å². The fourth-order valence-corrected chi connectivity index (χ4v) is 5.12. The Hall–Kier alpha value is -3.46. The number of aromatic carboxylic acids is 1. The number of piperazine rings is 1. The summed E-state index contributed by atoms with van der Waals surface area (Å²) < 4.78 is 2.79. The molecule has 1 atom stereocenters. The number of para-hydroxylation sites is 1. The molecule has 1 unspecified atom stereocenters. The van der Waals surface area contributed by atoms with Gasteiger partial charge in [0.2, 0.25) is 5.43 Å². The summed E-state index contributed by atoms with van der Waals surface area (Å²) >= 11 is 1.71. The lowest BCUT2D eigenvalue weighted by molar-refractivity contribution is 0.0695. The monoisotopic (exact) mass is 435 g/mol. The molecule has 5 rings (SSSR count). The highest BCUT2D eigenvalue weighted by Crippen LogP contribution is 2.31. The minimum atomic E-state index is -1.23. The van der Waals surface area contributed by atoms with E-state index in [0.717, 1.165) is 36.1 Å². The van der Waals surface area contributed by atoms with E-state index in [2.05, 4.69) is 22.8 Å². The zero-order valence-corrected chi connectivity index (χ0v) is 18.0. The summed E-state index contributed by atoms with van der Waals surface area (Å²) in [6.45, 7) is 4.56. The van der Waals surface area contributed by atoms with Gasteiger partial charge in [0.05, 0.1) is 15.6 Å². The fraction of sp³-hybridized carbons (Fsp3) is 0.273. The SMILES string of the molecule is CC1CN(c2nc3ccccc3s2)CCN1c1ccc2c(=O)c(C(=O)O)cn(C)c2n1. The number of carboxylic acids is 1. The summed E-state index contributed by atoms with van der Waals surface area (Å²) in [5, 5.41) is 10.6. The second kappa shape index (κ2) is 7.35. The Morgan fingerprint density at radius 2 is 1.97 bits per heavy atom. The number of hydrogen-bond acceptors (Lipinski definition) is 7. The van der Waals surface area contributed by atoms with Gasteiger partial charge in [-0.05, 0) is 31.2 Å². The lowest BCUT2D eigenvalue weighted by Gasteiger charge is -2.40. The van der Waals surface area contributed by atoms with Gasteiger partial charge < -0.3 is 19.5 Å². The van der Waals surface area contributed by atoms with Gasteiger partial charge in [-0.1, -0.05) is 23.5 Å². The van der Waals surface area contributed by atoms with Crippen molar-refractivity contribution in [3.05, 3.63) is 58.4 Å². The molecule has 158 valence electrons. The van der Waals surface area contributed by atoms with E-state index in [1.165, 1.54) is 10.9 Å². The van der Waals surface area contributed by atoms with Crippen molar-refractivity contribution in [1.82, 2.24) is 14.5 Å². The topological polar surface area (TPSA) is 91.6 Å². The molecule has 0 amide bonds. The summed E-state index contributed by atoms with van der Waals surface area (Å²) in [6, 6.07) is 11.8. The summed E-state index contributed by atoms with van der Waals surface area (Å²) in [7, 11) is 1.71. The van der Waals surface area contributed by atoms with Gasteiger partial charge in [0.25, 0.3) is 0 Å². The van der Waals surface area contributed by atoms with E-state index >= 15 is 0 Å². The maximum atomic E-state index is 12.5. The smallest absolute Gasteiger partial charge is 0.341 e. The molecule has 0 spiro atoms. The minimum absolute atomic E-state index is 0.195. The molecule has 9 heteroatoms. The zero-order chi connectivity index (χ0) is 21.7. The molecule has 0 saturated carbocycles. The van der Waals surface area contributed by atoms with Crippen molar-refractivity contribution in [2.45, 2.75) is 13.0 Å². The predicted octanol–water partition coefficient (Wildman–Crippen LogP) is 2.96. The molecular formula is C22H21N5O3S. The number of carbonyl (C=O) groups is 1. The van der Waals surface area contributed by atoms with Crippen LogP contribution in [0.3, 0.4) is 0 Å². The molecule has 1 aromatic carbocycles. The van der Waals surface area contributed by atoms with E-state index < -0.39 is 11.4 Å². The minimum Gasteiger partial charge on any atom is -0.477 e. The molecule has 4 heterocycles. The van der Waals surface area contributed by atoms with Gasteiger partial charge in [0.1, 0.15) is 17.0 Å². The molecule has 1 fully saturated rings. The number of carboxylic acid groups (broad SMARTS) is 1. The first-order valence-electron chi connectivity index (χ1n) is 10.0. The Morgan fingerprint density at radius 3 is 2.71 bits per heavy atom. The first-order chi connectivity index (χ1) is 14.9. The average Bonchev–Trinajstić information content (AvgIpc) is 3.20. The summed E-state index contributed by atoms with van der Waals surface area (Å²) in [4.78, 5) is 37.8. The first-order valence-corrected chi connectivity index (χ1v) is 10.8. The van der Waals surface area contributed by atoms with Crippen LogP contribution >= 0.6 is 11.3 Å². The van der Waals surface area contributed by atoms with Gasteiger partial charge in [-0.2, -0.15) is 0 Å². The van der Waals surface area contributed by atoms with Crippen LogP contribution in [0, 0.1) is 0 Å². The van der Waals surface area contributed by atoms with Gasteiger partial charge in [-0.3, -0.25) is 4.79 Å². The molecule has 0 radical (unpaired) electrons. The van der Waals surface area contributed by atoms with Gasteiger partial charge >= 0.3 is 5.97 Å². The van der Waals surface area contributed by atoms with E-state index in [9.17, 15) is 14.7 Å². The maximum absolute atomic E-state index is 12.5. The van der Waals surface area contributed by atoms with Crippen molar-refractivity contribution in [3.63, 3.8) is 0 Å². The van der Waals surface area contributed by atoms with Crippen molar-refractivity contribution in [2.24, 2.45) is 7.05 Å². The van der Waals surface area contributed by atoms with Crippen LogP contribution in [0.25, 0.3) is 21.3 Å². The van der Waals surface area contributed by atoms with Crippen LogP contribution in [0.5, 0.6) is 0 Å². The Kier molecular flexibility index (Phi) is 4.62. The van der Waals surface area contributed by atoms with Crippen molar-refractivity contribution in [2.75, 3.05) is 29.4 Å². The standard InChI is InChI=1S/C22H21N5O3S/c1-13-11-26(22-23-16-5-3-4-6-17(16)31-22)9-10-27(13)18-8-7-14-19(28)15(21(29)30)12-25(2)20(14)24-18/h3-8,12-13H,9-11H2,1-2H3,(H,29,30). The number of aromatic nitrogens is 3. The Bertz CT molecular complexity index is 1350. The molecule has 1 N–H and O–H groups in total. The predicted molar refractivity (Wildman–Crippen MR) is 123 cm³/mol. The van der Waals surface area contributed by atoms with E-state index in [0.29, 0.717) is 11.0 Å². The van der Waals surface area contributed by atoms with Crippen LogP contribution in [0.4, 0.5) is 10.9 Å². The van der Waals surface area contributed by atoms with Crippen LogP contribution in [-0.2, 0) is 7.05 Å². The van der Waals surface area contributed by atoms with Gasteiger partial charge in [0.15, 0.2) is 5.13 Å². The quantitative estimate of drug-likeness (QED) is 0.529. The van der Waals surface area contributed by atoms with Crippen molar-refractivity contribution < 1.29 is 9.90 Å². The van der Waals surface area contributed by atoms with Crippen LogP contribution in [0.2, 0.25) is 0 Å². The third-order valence-corrected chi connectivity index (χ3v) is 6.81. The maximum Gasteiger partial charge on any atom is 0.341 e. The average molecular weight is 436 g/mol. The number of thiazole rings is 1. The van der Waals surface area contributed by atoms with Crippen LogP contribution in [0.15, 0.2) is 47.4 Å². The van der Waals surface area contributed by atoms with E-state index in [1.54, 1.807) is 35.1 Å². The van der Waals surface area contributed by atoms with Crippen LogP contribution in [-0.4, -0.2) is 51.3 Å². The lowest BCUT2D eigenvalue weighted by Crippen LogP contribution is -2.52. The highest BCUT2D eigenvalue weighted by molar-refractivity contribution is 7.22. The third kappa shape index (κ3) is 3.31. The number of fused-ring (bicyclic) bond motifs is 2. The Balaban J connectivity index is 1.43. The molecule has 0 aliphatic carbocycles. The first kappa shape index (κ1) is 19.5. The largest absolute Gasteiger partial charge is 0.477 e. The van der Waals surface area contributed by atoms with E-state index in [4.69, 9.17) is 9.97 Å². The van der Waals surface area contributed by atoms with Crippen molar-refractivity contribution >= 4 is 49.5 Å². The molecule has 8 nitrogen and oxygen atoms in total. The van der Waals surface area contributed by atoms with Crippen molar-refractivity contribution in [1.29, 1.82) is 0 Å². The lowest BCUT2D eigenvalue weighted by atomic mass is 10.1. The number of rotatable bonds is 3. The third-order valence-electron chi connectivity index (χ3n) is 5.71. The number of nitrogens with zero attached hydrogens (tertiary/aromatic N) is 5. The Labute approximate surface area is 182 Å². The molecule has 1 aliphatic heterocycles. The molecule has 1 saturated heterocycles. The summed E-state index contributed by atoms with van der Waals surface area (Å²) in [5.74, 6) is -0.451. The number of anilines is 2. The van der Waals surface area contributed by atoms with Crippen LogP contribution < -0.4 is 15.2 Å². The van der Waals surface area contributed by atoms with Crippen molar-refractivity contribution in [3.8, 4) is 0 Å². The van der Waals surface area contributed by atoms with E-state index in [-0.39, 0.29) is 11.6 Å². The second-order valence-electron chi connectivity index (χ2n) is 7.78. The number of pyridine rings is 2. The molecule has 31 heavy (non-hydrogen) atoms. The molecule has 3 aromatic heterocycles. The molecular weight excluding hydrogens is 414 g/mol. The highest BCUT2D eigenvalue weighted by Gasteiger charge is 2.27. The number of hydrogen-bond donors (Lipinski definition) is 1. The highest BCUT2D eigenvalue weighted by atomic mass is 32.1. The molecule has 0 bridgehead atoms. The zero-order valence-electron chi connectivity index (χ0n) is 17.1. The molecule has 1 aliphatic rings. The van der Waals surface area contributed by atoms with Gasteiger partial charge in [0, 0.05) is 38.9 Å². The molecule has 4 aromatic rings. The van der Waals surface area contributed by atoms with Gasteiger partial charge in [-0.15, -0.1) is 0 Å². The normalized spacial score (nSPS) is 16.9. The van der Waals surface area contributed by atoms with E-state index in [1.807, 2.05) is 18.2 Å². The second-order valence-corrected chi connectivity index (χ2v) is 8.79.